The van der Waals surface area contributed by atoms with Crippen molar-refractivity contribution in [1.29, 1.82) is 0 Å². The van der Waals surface area contributed by atoms with E-state index < -0.39 is 11.9 Å². The van der Waals surface area contributed by atoms with Gasteiger partial charge in [0.15, 0.2) is 0 Å². The van der Waals surface area contributed by atoms with Gasteiger partial charge >= 0.3 is 6.03 Å². The normalized spacial score (nSPS) is 20.0. The number of hydrogen-bond acceptors (Lipinski definition) is 3. The van der Waals surface area contributed by atoms with E-state index in [-0.39, 0.29) is 18.1 Å². The highest BCUT2D eigenvalue weighted by atomic mass is 79.9. The summed E-state index contributed by atoms with van der Waals surface area (Å²) in [6, 6.07) is 6.84. The molecule has 0 saturated carbocycles. The van der Waals surface area contributed by atoms with Crippen molar-refractivity contribution in [3.63, 3.8) is 0 Å². The van der Waals surface area contributed by atoms with Crippen LogP contribution in [0.2, 0.25) is 0 Å². The summed E-state index contributed by atoms with van der Waals surface area (Å²) in [7, 11) is 0. The van der Waals surface area contributed by atoms with Gasteiger partial charge in [0.25, 0.3) is 5.91 Å². The van der Waals surface area contributed by atoms with Crippen LogP contribution < -0.4 is 5.32 Å². The molecular weight excluding hydrogens is 386 g/mol. The Hall–Kier alpha value is -2.15. The molecule has 2 saturated heterocycles. The molecule has 0 radical (unpaired) electrons. The fraction of sp³-hybridized carbons (Fsp3) is 0.389. The molecule has 25 heavy (non-hydrogen) atoms. The fourth-order valence-corrected chi connectivity index (χ4v) is 3.26. The summed E-state index contributed by atoms with van der Waals surface area (Å²) in [5, 5.41) is 2.55. The van der Waals surface area contributed by atoms with Crippen LogP contribution in [0.4, 0.5) is 4.79 Å². The SMILES string of the molecule is O=C(CN1C(=O)N/C(=C\c2ccc(Br)cc2)C1=O)N1CCCCCC1. The Balaban J connectivity index is 1.68. The molecule has 0 spiro atoms. The Morgan fingerprint density at radius 3 is 2.36 bits per heavy atom. The van der Waals surface area contributed by atoms with E-state index in [0.29, 0.717) is 13.1 Å². The Morgan fingerprint density at radius 2 is 1.72 bits per heavy atom. The molecule has 0 unspecified atom stereocenters. The van der Waals surface area contributed by atoms with Gasteiger partial charge in [-0.15, -0.1) is 0 Å². The van der Waals surface area contributed by atoms with Crippen LogP contribution in [0.1, 0.15) is 31.2 Å². The molecule has 1 N–H and O–H groups in total. The first-order valence-corrected chi connectivity index (χ1v) is 9.22. The van der Waals surface area contributed by atoms with Crippen LogP contribution in [0.25, 0.3) is 6.08 Å². The number of imide groups is 1. The minimum Gasteiger partial charge on any atom is -0.341 e. The second kappa shape index (κ2) is 7.82. The van der Waals surface area contributed by atoms with Gasteiger partial charge in [0.1, 0.15) is 12.2 Å². The van der Waals surface area contributed by atoms with Crippen molar-refractivity contribution in [2.24, 2.45) is 0 Å². The number of hydrogen-bond donors (Lipinski definition) is 1. The lowest BCUT2D eigenvalue weighted by Gasteiger charge is -2.22. The van der Waals surface area contributed by atoms with Crippen molar-refractivity contribution >= 4 is 39.9 Å². The fourth-order valence-electron chi connectivity index (χ4n) is 3.00. The van der Waals surface area contributed by atoms with Crippen molar-refractivity contribution in [2.45, 2.75) is 25.7 Å². The van der Waals surface area contributed by atoms with E-state index in [1.807, 2.05) is 24.3 Å². The minimum absolute atomic E-state index is 0.171. The first kappa shape index (κ1) is 17.7. The van der Waals surface area contributed by atoms with Crippen LogP contribution in [-0.4, -0.2) is 47.3 Å². The molecule has 2 heterocycles. The quantitative estimate of drug-likeness (QED) is 0.620. The van der Waals surface area contributed by atoms with Crippen LogP contribution in [0.5, 0.6) is 0 Å². The molecule has 6 nitrogen and oxygen atoms in total. The summed E-state index contributed by atoms with van der Waals surface area (Å²) in [6.45, 7) is 1.19. The number of nitrogens with one attached hydrogen (secondary N) is 1. The van der Waals surface area contributed by atoms with Gasteiger partial charge in [-0.25, -0.2) is 9.69 Å². The van der Waals surface area contributed by atoms with Gasteiger partial charge in [0.2, 0.25) is 5.91 Å². The minimum atomic E-state index is -0.545. The molecule has 132 valence electrons. The molecule has 0 atom stereocenters. The highest BCUT2D eigenvalue weighted by Crippen LogP contribution is 2.17. The monoisotopic (exact) mass is 405 g/mol. The van der Waals surface area contributed by atoms with E-state index in [2.05, 4.69) is 21.2 Å². The zero-order valence-electron chi connectivity index (χ0n) is 13.8. The molecule has 2 aliphatic heterocycles. The van der Waals surface area contributed by atoms with Gasteiger partial charge in [0, 0.05) is 17.6 Å². The zero-order chi connectivity index (χ0) is 17.8. The van der Waals surface area contributed by atoms with Crippen LogP contribution in [0.15, 0.2) is 34.4 Å². The third-order valence-electron chi connectivity index (χ3n) is 4.40. The third-order valence-corrected chi connectivity index (χ3v) is 4.92. The summed E-state index contributed by atoms with van der Waals surface area (Å²) in [4.78, 5) is 39.7. The van der Waals surface area contributed by atoms with Crippen molar-refractivity contribution < 1.29 is 14.4 Å². The molecule has 0 aliphatic carbocycles. The first-order valence-electron chi connectivity index (χ1n) is 8.42. The summed E-state index contributed by atoms with van der Waals surface area (Å²) in [5.41, 5.74) is 0.989. The molecular formula is C18H20BrN3O3. The lowest BCUT2D eigenvalue weighted by molar-refractivity contribution is -0.135. The number of halogens is 1. The smallest absolute Gasteiger partial charge is 0.329 e. The number of carbonyl (C=O) groups excluding carboxylic acids is 3. The molecule has 7 heteroatoms. The second-order valence-corrected chi connectivity index (χ2v) is 7.14. The van der Waals surface area contributed by atoms with Crippen LogP contribution >= 0.6 is 15.9 Å². The van der Waals surface area contributed by atoms with E-state index >= 15 is 0 Å². The molecule has 1 aromatic rings. The lowest BCUT2D eigenvalue weighted by Crippen LogP contribution is -2.43. The molecule has 3 rings (SSSR count). The van der Waals surface area contributed by atoms with E-state index in [4.69, 9.17) is 0 Å². The van der Waals surface area contributed by atoms with E-state index in [1.165, 1.54) is 0 Å². The van der Waals surface area contributed by atoms with Crippen molar-refractivity contribution in [3.8, 4) is 0 Å². The van der Waals surface area contributed by atoms with Crippen molar-refractivity contribution in [3.05, 3.63) is 40.0 Å². The molecule has 0 bridgehead atoms. The molecule has 4 amide bonds. The maximum absolute atomic E-state index is 12.5. The predicted octanol–water partition coefficient (Wildman–Crippen LogP) is 2.74. The van der Waals surface area contributed by atoms with Gasteiger partial charge in [-0.2, -0.15) is 0 Å². The molecule has 1 aromatic carbocycles. The van der Waals surface area contributed by atoms with Crippen molar-refractivity contribution in [1.82, 2.24) is 15.1 Å². The van der Waals surface area contributed by atoms with Crippen LogP contribution in [-0.2, 0) is 9.59 Å². The summed E-state index contributed by atoms with van der Waals surface area (Å²) < 4.78 is 0.932. The van der Waals surface area contributed by atoms with Crippen LogP contribution in [0.3, 0.4) is 0 Å². The number of benzene rings is 1. The number of nitrogens with zero attached hydrogens (tertiary/aromatic N) is 2. The van der Waals surface area contributed by atoms with Gasteiger partial charge in [-0.05, 0) is 36.6 Å². The highest BCUT2D eigenvalue weighted by Gasteiger charge is 2.35. The zero-order valence-corrected chi connectivity index (χ0v) is 15.4. The van der Waals surface area contributed by atoms with E-state index in [1.54, 1.807) is 11.0 Å². The topological polar surface area (TPSA) is 69.7 Å². The number of urea groups is 1. The predicted molar refractivity (Wildman–Crippen MR) is 97.4 cm³/mol. The molecule has 2 aliphatic rings. The molecule has 0 aromatic heterocycles. The Bertz CT molecular complexity index is 707. The molecule has 2 fully saturated rings. The van der Waals surface area contributed by atoms with Gasteiger partial charge in [0.05, 0.1) is 0 Å². The van der Waals surface area contributed by atoms with Crippen molar-refractivity contribution in [2.75, 3.05) is 19.6 Å². The summed E-state index contributed by atoms with van der Waals surface area (Å²) in [6.07, 6.45) is 5.80. The maximum Gasteiger partial charge on any atom is 0.329 e. The summed E-state index contributed by atoms with van der Waals surface area (Å²) >= 11 is 3.35. The number of likely N-dealkylation sites (tertiary alicyclic amines) is 1. The van der Waals surface area contributed by atoms with Gasteiger partial charge < -0.3 is 10.2 Å². The first-order chi connectivity index (χ1) is 12.0. The summed E-state index contributed by atoms with van der Waals surface area (Å²) in [5.74, 6) is -0.633. The number of carbonyl (C=O) groups is 3. The number of rotatable bonds is 3. The standard InChI is InChI=1S/C18H20BrN3O3/c19-14-7-5-13(6-8-14)11-15-17(24)22(18(25)20-15)12-16(23)21-9-3-1-2-4-10-21/h5-8,11H,1-4,9-10,12H2,(H,20,25)/b15-11-. The van der Waals surface area contributed by atoms with Gasteiger partial charge in [-0.3, -0.25) is 9.59 Å². The van der Waals surface area contributed by atoms with Gasteiger partial charge in [-0.1, -0.05) is 40.9 Å². The lowest BCUT2D eigenvalue weighted by atomic mass is 10.2. The Morgan fingerprint density at radius 1 is 1.08 bits per heavy atom. The Kier molecular flexibility index (Phi) is 5.53. The highest BCUT2D eigenvalue weighted by molar-refractivity contribution is 9.10. The largest absolute Gasteiger partial charge is 0.341 e. The Labute approximate surface area is 155 Å². The average molecular weight is 406 g/mol. The van der Waals surface area contributed by atoms with E-state index in [0.717, 1.165) is 40.6 Å². The maximum atomic E-state index is 12.5. The third kappa shape index (κ3) is 4.28. The van der Waals surface area contributed by atoms with Crippen LogP contribution in [0, 0.1) is 0 Å². The number of amides is 4. The van der Waals surface area contributed by atoms with E-state index in [9.17, 15) is 14.4 Å². The average Bonchev–Trinajstić information content (AvgIpc) is 2.80. The second-order valence-electron chi connectivity index (χ2n) is 6.23.